The zero-order valence-corrected chi connectivity index (χ0v) is 12.3. The van der Waals surface area contributed by atoms with E-state index in [0.29, 0.717) is 12.2 Å². The van der Waals surface area contributed by atoms with Gasteiger partial charge in [0.1, 0.15) is 0 Å². The summed E-state index contributed by atoms with van der Waals surface area (Å²) in [6.07, 6.45) is 0.460. The Labute approximate surface area is 116 Å². The van der Waals surface area contributed by atoms with Gasteiger partial charge in [0.2, 0.25) is 0 Å². The Morgan fingerprint density at radius 2 is 1.84 bits per heavy atom. The molecule has 0 saturated heterocycles. The monoisotopic (exact) mass is 278 g/mol. The molecule has 0 aliphatic carbocycles. The highest BCUT2D eigenvalue weighted by Gasteiger charge is 2.49. The van der Waals surface area contributed by atoms with Crippen LogP contribution in [0.1, 0.15) is 25.8 Å². The summed E-state index contributed by atoms with van der Waals surface area (Å²) in [7, 11) is 0.0512. The molecule has 1 aromatic carbocycles. The van der Waals surface area contributed by atoms with Crippen LogP contribution >= 0.6 is 0 Å². The Hall–Kier alpha value is -1.42. The van der Waals surface area contributed by atoms with Crippen molar-refractivity contribution in [3.8, 4) is 0 Å². The molecule has 0 fully saturated rings. The zero-order chi connectivity index (χ0) is 14.0. The van der Waals surface area contributed by atoms with Crippen LogP contribution in [0.15, 0.2) is 41.5 Å². The van der Waals surface area contributed by atoms with E-state index in [1.54, 1.807) is 0 Å². The number of hydrogen-bond donors (Lipinski definition) is 0. The van der Waals surface area contributed by atoms with Gasteiger partial charge >= 0.3 is 5.97 Å². The lowest BCUT2D eigenvalue weighted by molar-refractivity contribution is -0.144. The predicted molar refractivity (Wildman–Crippen MR) is 76.1 cm³/mol. The van der Waals surface area contributed by atoms with Crippen molar-refractivity contribution in [2.45, 2.75) is 25.0 Å². The number of allylic oxidation sites excluding steroid dienone is 1. The molecule has 2 rings (SSSR count). The van der Waals surface area contributed by atoms with Gasteiger partial charge < -0.3 is 4.74 Å². The van der Waals surface area contributed by atoms with Gasteiger partial charge in [-0.15, -0.1) is 0 Å². The summed E-state index contributed by atoms with van der Waals surface area (Å²) in [6, 6.07) is 9.30. The van der Waals surface area contributed by atoms with Crippen LogP contribution in [0.3, 0.4) is 0 Å². The molecule has 0 bridgehead atoms. The molecule has 0 aromatic heterocycles. The van der Waals surface area contributed by atoms with Crippen molar-refractivity contribution in [3.05, 3.63) is 47.0 Å². The third-order valence-corrected chi connectivity index (χ3v) is 5.75. The van der Waals surface area contributed by atoms with Crippen LogP contribution in [0.4, 0.5) is 0 Å². The lowest BCUT2D eigenvalue weighted by Crippen LogP contribution is -2.45. The van der Waals surface area contributed by atoms with Gasteiger partial charge in [0.15, 0.2) is 4.75 Å². The number of carbonyl (C=O) groups excluding carboxylic acids is 1. The molecule has 0 amide bonds. The van der Waals surface area contributed by atoms with Crippen LogP contribution in [-0.4, -0.2) is 23.0 Å². The van der Waals surface area contributed by atoms with E-state index in [4.69, 9.17) is 4.74 Å². The van der Waals surface area contributed by atoms with Gasteiger partial charge in [-0.05, 0) is 19.4 Å². The molecule has 2 atom stereocenters. The molecule has 0 saturated carbocycles. The van der Waals surface area contributed by atoms with E-state index in [1.165, 1.54) is 7.11 Å². The first-order chi connectivity index (χ1) is 9.02. The first kappa shape index (κ1) is 14.0. The van der Waals surface area contributed by atoms with Gasteiger partial charge in [-0.2, -0.15) is 0 Å². The predicted octanol–water partition coefficient (Wildman–Crippen LogP) is 2.54. The number of carbonyl (C=O) groups is 1. The van der Waals surface area contributed by atoms with Crippen molar-refractivity contribution < 1.29 is 13.7 Å². The number of hydrogen-bond acceptors (Lipinski definition) is 3. The summed E-state index contributed by atoms with van der Waals surface area (Å²) in [5, 5.41) is 0. The van der Waals surface area contributed by atoms with Crippen molar-refractivity contribution >= 4 is 16.8 Å². The topological polar surface area (TPSA) is 43.4 Å². The standard InChI is InChI=1S/C15H18O3S/c1-11-9-15(14(16)18-3,19(17)10-12(11)2)13-7-5-4-6-8-13/h4-8H,9-10H2,1-3H3. The fraction of sp³-hybridized carbons (Fsp3) is 0.400. The highest BCUT2D eigenvalue weighted by atomic mass is 32.2. The highest BCUT2D eigenvalue weighted by molar-refractivity contribution is 7.87. The molecule has 3 nitrogen and oxygen atoms in total. The zero-order valence-electron chi connectivity index (χ0n) is 11.4. The SMILES string of the molecule is COC(=O)C1(c2ccccc2)CC(C)=C(C)CS1=O. The summed E-state index contributed by atoms with van der Waals surface area (Å²) in [4.78, 5) is 12.3. The average Bonchev–Trinajstić information content (AvgIpc) is 2.43. The summed E-state index contributed by atoms with van der Waals surface area (Å²) < 4.78 is 16.5. The molecule has 4 heteroatoms. The molecule has 0 N–H and O–H groups in total. The Morgan fingerprint density at radius 3 is 2.42 bits per heavy atom. The van der Waals surface area contributed by atoms with Crippen molar-refractivity contribution in [1.29, 1.82) is 0 Å². The Morgan fingerprint density at radius 1 is 1.21 bits per heavy atom. The smallest absolute Gasteiger partial charge is 0.329 e. The third kappa shape index (κ3) is 2.25. The molecule has 1 heterocycles. The normalized spacial score (nSPS) is 27.2. The summed E-state index contributed by atoms with van der Waals surface area (Å²) in [6.45, 7) is 3.96. The molecule has 1 aliphatic rings. The number of benzene rings is 1. The van der Waals surface area contributed by atoms with Crippen LogP contribution in [0.2, 0.25) is 0 Å². The molecule has 19 heavy (non-hydrogen) atoms. The van der Waals surface area contributed by atoms with Crippen LogP contribution in [-0.2, 0) is 25.1 Å². The maximum atomic E-state index is 12.6. The summed E-state index contributed by atoms with van der Waals surface area (Å²) >= 11 is 0. The quantitative estimate of drug-likeness (QED) is 0.617. The Kier molecular flexibility index (Phi) is 3.90. The molecule has 0 spiro atoms. The van der Waals surface area contributed by atoms with E-state index in [1.807, 2.05) is 44.2 Å². The minimum absolute atomic E-state index is 0.413. The molecular formula is C15H18O3S. The number of rotatable bonds is 2. The second-order valence-corrected chi connectivity index (χ2v) is 6.59. The van der Waals surface area contributed by atoms with Crippen LogP contribution in [0, 0.1) is 0 Å². The van der Waals surface area contributed by atoms with Gasteiger partial charge in [-0.3, -0.25) is 9.00 Å². The highest BCUT2D eigenvalue weighted by Crippen LogP contribution is 2.41. The van der Waals surface area contributed by atoms with E-state index in [9.17, 15) is 9.00 Å². The molecule has 1 aliphatic heterocycles. The minimum Gasteiger partial charge on any atom is -0.468 e. The molecule has 2 unspecified atom stereocenters. The second kappa shape index (κ2) is 5.29. The van der Waals surface area contributed by atoms with Gasteiger partial charge in [0.25, 0.3) is 0 Å². The fourth-order valence-electron chi connectivity index (χ4n) is 2.44. The lowest BCUT2D eigenvalue weighted by atomic mass is 9.89. The minimum atomic E-state index is -1.30. The molecular weight excluding hydrogens is 260 g/mol. The molecule has 0 radical (unpaired) electrons. The van der Waals surface area contributed by atoms with Gasteiger partial charge in [0.05, 0.1) is 7.11 Å². The second-order valence-electron chi connectivity index (χ2n) is 4.91. The van der Waals surface area contributed by atoms with Gasteiger partial charge in [0, 0.05) is 23.0 Å². The van der Waals surface area contributed by atoms with Crippen LogP contribution in [0.5, 0.6) is 0 Å². The first-order valence-corrected chi connectivity index (χ1v) is 7.52. The molecule has 1 aromatic rings. The van der Waals surface area contributed by atoms with E-state index in [0.717, 1.165) is 16.7 Å². The van der Waals surface area contributed by atoms with Crippen molar-refractivity contribution in [2.75, 3.05) is 12.9 Å². The van der Waals surface area contributed by atoms with Crippen molar-refractivity contribution in [2.24, 2.45) is 0 Å². The average molecular weight is 278 g/mol. The maximum Gasteiger partial charge on any atom is 0.329 e. The maximum absolute atomic E-state index is 12.6. The lowest BCUT2D eigenvalue weighted by Gasteiger charge is -2.35. The van der Waals surface area contributed by atoms with E-state index < -0.39 is 21.5 Å². The fourth-order valence-corrected chi connectivity index (χ4v) is 4.37. The van der Waals surface area contributed by atoms with Crippen molar-refractivity contribution in [3.63, 3.8) is 0 Å². The summed E-state index contributed by atoms with van der Waals surface area (Å²) in [5.74, 6) is 0.0133. The number of ether oxygens (including phenoxy) is 1. The Balaban J connectivity index is 2.61. The van der Waals surface area contributed by atoms with E-state index in [-0.39, 0.29) is 0 Å². The van der Waals surface area contributed by atoms with E-state index in [2.05, 4.69) is 0 Å². The Bertz CT molecular complexity index is 548. The van der Waals surface area contributed by atoms with Crippen molar-refractivity contribution in [1.82, 2.24) is 0 Å². The van der Waals surface area contributed by atoms with Gasteiger partial charge in [-0.1, -0.05) is 41.5 Å². The summed E-state index contributed by atoms with van der Waals surface area (Å²) in [5.41, 5.74) is 3.00. The molecule has 102 valence electrons. The van der Waals surface area contributed by atoms with E-state index >= 15 is 0 Å². The number of esters is 1. The number of methoxy groups -OCH3 is 1. The first-order valence-electron chi connectivity index (χ1n) is 6.20. The van der Waals surface area contributed by atoms with Gasteiger partial charge in [-0.25, -0.2) is 0 Å². The van der Waals surface area contributed by atoms with Crippen LogP contribution in [0.25, 0.3) is 0 Å². The van der Waals surface area contributed by atoms with Crippen LogP contribution < -0.4 is 0 Å². The third-order valence-electron chi connectivity index (χ3n) is 3.73. The largest absolute Gasteiger partial charge is 0.468 e.